The van der Waals surface area contributed by atoms with Gasteiger partial charge in [-0.1, -0.05) is 72.0 Å². The van der Waals surface area contributed by atoms with Crippen molar-refractivity contribution in [2.75, 3.05) is 20.0 Å². The maximum absolute atomic E-state index is 11.5. The van der Waals surface area contributed by atoms with Gasteiger partial charge in [0.2, 0.25) is 0 Å². The Labute approximate surface area is 193 Å². The van der Waals surface area contributed by atoms with Gasteiger partial charge in [0.1, 0.15) is 17.9 Å². The monoisotopic (exact) mass is 483 g/mol. The molecular weight excluding hydrogens is 463 g/mol. The van der Waals surface area contributed by atoms with Crippen LogP contribution < -0.4 is 5.73 Å². The Morgan fingerprint density at radius 2 is 1.61 bits per heavy atom. The zero-order chi connectivity index (χ0) is 23.2. The number of esters is 2. The molecule has 0 spiro atoms. The number of thiazole rings is 1. The van der Waals surface area contributed by atoms with Crippen LogP contribution in [0.2, 0.25) is 0 Å². The second-order valence-corrected chi connectivity index (χ2v) is 7.65. The van der Waals surface area contributed by atoms with Crippen molar-refractivity contribution in [3.8, 4) is 10.4 Å². The van der Waals surface area contributed by atoms with Gasteiger partial charge < -0.3 is 15.2 Å². The molecule has 0 aliphatic heterocycles. The van der Waals surface area contributed by atoms with Crippen molar-refractivity contribution in [1.82, 2.24) is 4.98 Å². The summed E-state index contributed by atoms with van der Waals surface area (Å²) < 4.78 is 8.80. The Balaban J connectivity index is 0.000000268. The fourth-order valence-corrected chi connectivity index (χ4v) is 2.99. The number of methoxy groups -OCH3 is 2. The smallest absolute Gasteiger partial charge is 0.386 e. The summed E-state index contributed by atoms with van der Waals surface area (Å²) in [6, 6.07) is 18.6. The molecule has 3 rings (SSSR count). The molecule has 0 aliphatic carbocycles. The summed E-state index contributed by atoms with van der Waals surface area (Å²) in [7, 11) is 2.57. The average Bonchev–Trinajstić information content (AvgIpc) is 3.21. The summed E-state index contributed by atoms with van der Waals surface area (Å²) in [5.74, 6) is -1.04. The van der Waals surface area contributed by atoms with E-state index < -0.39 is 16.8 Å². The van der Waals surface area contributed by atoms with Crippen molar-refractivity contribution < 1.29 is 35.5 Å². The van der Waals surface area contributed by atoms with Crippen LogP contribution in [0.25, 0.3) is 10.4 Å². The van der Waals surface area contributed by atoms with E-state index in [1.165, 1.54) is 25.6 Å². The Kier molecular flexibility index (Phi) is 11.9. The van der Waals surface area contributed by atoms with Gasteiger partial charge in [-0.25, -0.2) is 14.6 Å². The van der Waals surface area contributed by atoms with Crippen molar-refractivity contribution in [1.29, 1.82) is 0 Å². The minimum absolute atomic E-state index is 0.274. The molecule has 3 aromatic rings. The van der Waals surface area contributed by atoms with Crippen LogP contribution in [-0.4, -0.2) is 42.3 Å². The van der Waals surface area contributed by atoms with E-state index in [2.05, 4.69) is 26.1 Å². The van der Waals surface area contributed by atoms with Crippen molar-refractivity contribution in [3.05, 3.63) is 71.9 Å². The molecule has 2 N–H and O–H groups in total. The summed E-state index contributed by atoms with van der Waals surface area (Å²) in [6.07, 6.45) is 0.833. The Morgan fingerprint density at radius 3 is 2.00 bits per heavy atom. The maximum atomic E-state index is 11.5. The normalized spacial score (nSPS) is 10.3. The molecule has 1 unspecified atom stereocenters. The van der Waals surface area contributed by atoms with Crippen LogP contribution in [0.15, 0.2) is 60.7 Å². The number of aromatic nitrogens is 1. The molecule has 1 atom stereocenters. The highest BCUT2D eigenvalue weighted by Gasteiger charge is 2.19. The fourth-order valence-electron chi connectivity index (χ4n) is 1.98. The first-order valence-electron chi connectivity index (χ1n) is 8.62. The molecule has 10 heteroatoms. The zero-order valence-corrected chi connectivity index (χ0v) is 19.1. The highest BCUT2D eigenvalue weighted by Crippen LogP contribution is 2.31. The van der Waals surface area contributed by atoms with Crippen LogP contribution in [0.1, 0.15) is 20.8 Å². The first kappa shape index (κ1) is 26.1. The van der Waals surface area contributed by atoms with Gasteiger partial charge in [-0.15, -0.1) is 0 Å². The largest absolute Gasteiger partial charge is 0.464 e. The molecule has 0 bridgehead atoms. The van der Waals surface area contributed by atoms with Crippen molar-refractivity contribution in [2.24, 2.45) is 0 Å². The number of nitrogens with zero attached hydrogens (tertiary/aromatic N) is 1. The van der Waals surface area contributed by atoms with Crippen LogP contribution in [0, 0.1) is 11.6 Å². The van der Waals surface area contributed by atoms with Crippen molar-refractivity contribution in [3.63, 3.8) is 0 Å². The number of nitrogen functional groups attached to an aromatic ring is 1. The van der Waals surface area contributed by atoms with E-state index in [9.17, 15) is 14.4 Å². The standard InChI is InChI=1S/C11H10N2O2S.C7H6O.C3H5Cl2O2/c1-15-10(14)8-9(16-11(12)13-8)7-5-3-2-4-6-7;8-6-7-4-2-1-3-5-7;1-7-3(6)2(4)5/h2-6H,1H3,(H2,12,13);1-6H;2,4H,1H3/q;;+1. The lowest BCUT2D eigenvalue weighted by Crippen LogP contribution is -2.11. The molecule has 0 amide bonds. The lowest BCUT2D eigenvalue weighted by molar-refractivity contribution is -0.379. The van der Waals surface area contributed by atoms with Gasteiger partial charge in [0.15, 0.2) is 10.8 Å². The van der Waals surface area contributed by atoms with Gasteiger partial charge in [-0.3, -0.25) is 4.79 Å². The lowest BCUT2D eigenvalue weighted by atomic mass is 10.1. The minimum atomic E-state index is -0.940. The SMILES string of the molecule is COC(=O)C(Cl)[ClH+].COC(=O)c1nc(N)sc1-c1ccccc1.O=Cc1ccccc1. The summed E-state index contributed by atoms with van der Waals surface area (Å²) in [4.78, 5) is 35.3. The first-order chi connectivity index (χ1) is 14.8. The number of aldehydes is 1. The second kappa shape index (κ2) is 14.1. The van der Waals surface area contributed by atoms with Gasteiger partial charge in [-0.2, -0.15) is 0 Å². The van der Waals surface area contributed by atoms with E-state index in [-0.39, 0.29) is 5.69 Å². The quantitative estimate of drug-likeness (QED) is 0.342. The van der Waals surface area contributed by atoms with Crippen LogP contribution >= 0.6 is 22.9 Å². The Hall–Kier alpha value is -2.94. The predicted molar refractivity (Wildman–Crippen MR) is 118 cm³/mol. The van der Waals surface area contributed by atoms with Crippen molar-refractivity contribution in [2.45, 2.75) is 4.84 Å². The van der Waals surface area contributed by atoms with E-state index in [0.717, 1.165) is 22.3 Å². The number of alkyl halides is 2. The predicted octanol–water partition coefficient (Wildman–Crippen LogP) is 3.68. The number of anilines is 1. The third-order valence-corrected chi connectivity index (χ3v) is 4.68. The molecule has 1 heterocycles. The summed E-state index contributed by atoms with van der Waals surface area (Å²) in [6.45, 7) is 0. The molecule has 31 heavy (non-hydrogen) atoms. The van der Waals surface area contributed by atoms with Crippen LogP contribution in [0.5, 0.6) is 0 Å². The van der Waals surface area contributed by atoms with E-state index >= 15 is 0 Å². The zero-order valence-electron chi connectivity index (χ0n) is 16.7. The number of halogens is 2. The molecule has 0 fully saturated rings. The molecule has 0 saturated carbocycles. The number of hydrogen-bond acceptors (Lipinski definition) is 8. The molecular formula is C21H21Cl2N2O5S+. The van der Waals surface area contributed by atoms with Gasteiger partial charge in [0.25, 0.3) is 0 Å². The Morgan fingerprint density at radius 1 is 1.06 bits per heavy atom. The molecule has 1 aromatic heterocycles. The van der Waals surface area contributed by atoms with E-state index in [1.54, 1.807) is 12.1 Å². The number of rotatable bonds is 4. The topological polar surface area (TPSA) is 109 Å². The summed E-state index contributed by atoms with van der Waals surface area (Å²) in [5, 5.41) is 0.360. The fraction of sp³-hybridized carbons (Fsp3) is 0.143. The first-order valence-corrected chi connectivity index (χ1v) is 10.3. The molecule has 2 aromatic carbocycles. The molecule has 0 aliphatic rings. The van der Waals surface area contributed by atoms with Gasteiger partial charge in [-0.05, 0) is 17.2 Å². The summed E-state index contributed by atoms with van der Waals surface area (Å²) >= 11 is 10.6. The average molecular weight is 484 g/mol. The third-order valence-electron chi connectivity index (χ3n) is 3.38. The molecule has 0 saturated heterocycles. The third kappa shape index (κ3) is 9.17. The second-order valence-electron chi connectivity index (χ2n) is 5.46. The highest BCUT2D eigenvalue weighted by molar-refractivity contribution is 7.19. The van der Waals surface area contributed by atoms with E-state index in [4.69, 9.17) is 17.3 Å². The molecule has 164 valence electrons. The molecule has 0 radical (unpaired) electrons. The number of carbonyl (C=O) groups excluding carboxylic acids is 3. The number of hydrogen-bond donors (Lipinski definition) is 1. The van der Waals surface area contributed by atoms with E-state index in [1.807, 2.05) is 48.5 Å². The summed E-state index contributed by atoms with van der Waals surface area (Å²) in [5.41, 5.74) is 7.53. The van der Waals surface area contributed by atoms with Crippen LogP contribution in [-0.2, 0) is 14.3 Å². The van der Waals surface area contributed by atoms with Crippen LogP contribution in [0.3, 0.4) is 0 Å². The minimum Gasteiger partial charge on any atom is -0.464 e. The number of carbonyl (C=O) groups is 3. The van der Waals surface area contributed by atoms with E-state index in [0.29, 0.717) is 5.13 Å². The number of ether oxygens (including phenoxy) is 2. The maximum Gasteiger partial charge on any atom is 0.386 e. The number of benzene rings is 2. The van der Waals surface area contributed by atoms with Gasteiger partial charge >= 0.3 is 16.8 Å². The molecule has 7 nitrogen and oxygen atoms in total. The van der Waals surface area contributed by atoms with Gasteiger partial charge in [0, 0.05) is 5.56 Å². The van der Waals surface area contributed by atoms with Crippen molar-refractivity contribution >= 4 is 46.3 Å². The van der Waals surface area contributed by atoms with Crippen LogP contribution in [0.4, 0.5) is 5.13 Å². The lowest BCUT2D eigenvalue weighted by Gasteiger charge is -1.99. The highest BCUT2D eigenvalue weighted by atomic mass is 35.5. The Bertz CT molecular complexity index is 966. The van der Waals surface area contributed by atoms with Gasteiger partial charge in [0.05, 0.1) is 19.1 Å². The number of nitrogens with two attached hydrogens (primary N) is 1.